The van der Waals surface area contributed by atoms with Crippen molar-refractivity contribution >= 4 is 16.8 Å². The van der Waals surface area contributed by atoms with Gasteiger partial charge in [-0.15, -0.1) is 0 Å². The van der Waals surface area contributed by atoms with Gasteiger partial charge in [-0.3, -0.25) is 9.89 Å². The minimum Gasteiger partial charge on any atom is -0.496 e. The summed E-state index contributed by atoms with van der Waals surface area (Å²) in [5, 5.41) is 17.0. The third-order valence-electron chi connectivity index (χ3n) is 5.14. The first-order chi connectivity index (χ1) is 15.4. The summed E-state index contributed by atoms with van der Waals surface area (Å²) in [7, 11) is 3.07. The largest absolute Gasteiger partial charge is 0.496 e. The van der Waals surface area contributed by atoms with E-state index in [1.165, 1.54) is 30.2 Å². The minimum absolute atomic E-state index is 0.242. The topological polar surface area (TPSA) is 82.0 Å². The lowest BCUT2D eigenvalue weighted by Gasteiger charge is -2.19. The molecule has 160 valence electrons. The highest BCUT2D eigenvalue weighted by atomic mass is 19.1. The number of nitriles is 1. The van der Waals surface area contributed by atoms with Crippen LogP contribution < -0.4 is 4.74 Å². The molecule has 8 heteroatoms. The molecular formula is C24H18F2N4O2. The smallest absolute Gasteiger partial charge is 0.254 e. The van der Waals surface area contributed by atoms with Crippen LogP contribution in [0.25, 0.3) is 22.0 Å². The average Bonchev–Trinajstić information content (AvgIpc) is 3.26. The van der Waals surface area contributed by atoms with Crippen molar-refractivity contribution in [1.29, 1.82) is 5.26 Å². The van der Waals surface area contributed by atoms with Crippen LogP contribution in [-0.2, 0) is 6.54 Å². The first kappa shape index (κ1) is 21.0. The molecule has 1 N–H and O–H groups in total. The molecule has 0 unspecified atom stereocenters. The molecule has 3 aromatic carbocycles. The highest BCUT2D eigenvalue weighted by Crippen LogP contribution is 2.32. The van der Waals surface area contributed by atoms with Crippen molar-refractivity contribution in [1.82, 2.24) is 15.1 Å². The number of fused-ring (bicyclic) bond motifs is 1. The lowest BCUT2D eigenvalue weighted by Crippen LogP contribution is -2.26. The van der Waals surface area contributed by atoms with Crippen LogP contribution in [0.3, 0.4) is 0 Å². The van der Waals surface area contributed by atoms with Crippen molar-refractivity contribution in [3.63, 3.8) is 0 Å². The maximum atomic E-state index is 13.6. The zero-order valence-electron chi connectivity index (χ0n) is 17.3. The monoisotopic (exact) mass is 432 g/mol. The predicted octanol–water partition coefficient (Wildman–Crippen LogP) is 4.66. The fourth-order valence-corrected chi connectivity index (χ4v) is 3.64. The van der Waals surface area contributed by atoms with Gasteiger partial charge in [0.2, 0.25) is 0 Å². The van der Waals surface area contributed by atoms with Gasteiger partial charge in [-0.25, -0.2) is 8.78 Å². The number of carbonyl (C=O) groups is 1. The molecule has 0 atom stereocenters. The molecule has 0 aliphatic rings. The van der Waals surface area contributed by atoms with Crippen LogP contribution in [-0.4, -0.2) is 35.2 Å². The quantitative estimate of drug-likeness (QED) is 0.497. The number of nitrogens with zero attached hydrogens (tertiary/aromatic N) is 3. The third kappa shape index (κ3) is 4.01. The van der Waals surface area contributed by atoms with E-state index in [9.17, 15) is 18.8 Å². The number of ether oxygens (including phenoxy) is 1. The summed E-state index contributed by atoms with van der Waals surface area (Å²) in [5.41, 5.74) is 3.11. The second-order valence-corrected chi connectivity index (χ2v) is 7.32. The Morgan fingerprint density at radius 2 is 1.91 bits per heavy atom. The summed E-state index contributed by atoms with van der Waals surface area (Å²) in [6.45, 7) is 0.242. The van der Waals surface area contributed by atoms with Crippen LogP contribution in [0.4, 0.5) is 8.78 Å². The molecule has 0 fully saturated rings. The average molecular weight is 432 g/mol. The van der Waals surface area contributed by atoms with E-state index in [1.54, 1.807) is 37.5 Å². The van der Waals surface area contributed by atoms with Crippen molar-refractivity contribution in [2.75, 3.05) is 14.2 Å². The number of hydrogen-bond donors (Lipinski definition) is 1. The molecule has 6 nitrogen and oxygen atoms in total. The second-order valence-electron chi connectivity index (χ2n) is 7.32. The predicted molar refractivity (Wildman–Crippen MR) is 115 cm³/mol. The van der Waals surface area contributed by atoms with Crippen LogP contribution in [0.15, 0.2) is 54.7 Å². The third-order valence-corrected chi connectivity index (χ3v) is 5.14. The normalized spacial score (nSPS) is 10.7. The SMILES string of the molecule is COc1cc(C(=O)N(C)Cc2cc(C#N)cc3cn[nH]c23)ccc1-c1cc(F)cc(F)c1. The molecule has 0 spiro atoms. The van der Waals surface area contributed by atoms with Gasteiger partial charge >= 0.3 is 0 Å². The Morgan fingerprint density at radius 3 is 2.59 bits per heavy atom. The highest BCUT2D eigenvalue weighted by Gasteiger charge is 2.18. The number of benzene rings is 3. The van der Waals surface area contributed by atoms with Gasteiger partial charge in [0.1, 0.15) is 17.4 Å². The Morgan fingerprint density at radius 1 is 1.16 bits per heavy atom. The summed E-state index contributed by atoms with van der Waals surface area (Å²) in [5.74, 6) is -1.37. The van der Waals surface area contributed by atoms with E-state index in [1.807, 2.05) is 0 Å². The minimum atomic E-state index is -0.702. The molecule has 32 heavy (non-hydrogen) atoms. The van der Waals surface area contributed by atoms with Crippen LogP contribution in [0.1, 0.15) is 21.5 Å². The molecule has 4 aromatic rings. The maximum absolute atomic E-state index is 13.6. The van der Waals surface area contributed by atoms with Crippen molar-refractivity contribution in [3.8, 4) is 22.9 Å². The Kier molecular flexibility index (Phi) is 5.56. The zero-order valence-corrected chi connectivity index (χ0v) is 17.3. The molecule has 0 bridgehead atoms. The fourth-order valence-electron chi connectivity index (χ4n) is 3.64. The number of hydrogen-bond acceptors (Lipinski definition) is 4. The fraction of sp³-hybridized carbons (Fsp3) is 0.125. The first-order valence-electron chi connectivity index (χ1n) is 9.65. The van der Waals surface area contributed by atoms with Gasteiger partial charge in [-0.05, 0) is 53.6 Å². The molecule has 0 aliphatic carbocycles. The first-order valence-corrected chi connectivity index (χ1v) is 9.65. The Bertz CT molecular complexity index is 1350. The number of aromatic amines is 1. The van der Waals surface area contributed by atoms with E-state index < -0.39 is 11.6 Å². The van der Waals surface area contributed by atoms with Crippen LogP contribution in [0.5, 0.6) is 5.75 Å². The van der Waals surface area contributed by atoms with Gasteiger partial charge in [0.15, 0.2) is 0 Å². The molecule has 0 saturated heterocycles. The van der Waals surface area contributed by atoms with Gasteiger partial charge in [0.05, 0.1) is 30.5 Å². The molecule has 1 heterocycles. The van der Waals surface area contributed by atoms with Gasteiger partial charge in [0, 0.05) is 36.2 Å². The number of H-pyrrole nitrogens is 1. The summed E-state index contributed by atoms with van der Waals surface area (Å²) in [6, 6.07) is 13.5. The van der Waals surface area contributed by atoms with E-state index in [0.29, 0.717) is 28.0 Å². The summed E-state index contributed by atoms with van der Waals surface area (Å²) >= 11 is 0. The second kappa shape index (κ2) is 8.47. The number of aromatic nitrogens is 2. The van der Waals surface area contributed by atoms with E-state index in [-0.39, 0.29) is 12.5 Å². The molecule has 1 aromatic heterocycles. The summed E-state index contributed by atoms with van der Waals surface area (Å²) in [4.78, 5) is 14.6. The number of rotatable bonds is 5. The van der Waals surface area contributed by atoms with Crippen LogP contribution in [0.2, 0.25) is 0 Å². The van der Waals surface area contributed by atoms with Crippen LogP contribution in [0, 0.1) is 23.0 Å². The molecule has 4 rings (SSSR count). The number of amides is 1. The van der Waals surface area contributed by atoms with Gasteiger partial charge in [0.25, 0.3) is 5.91 Å². The van der Waals surface area contributed by atoms with Gasteiger partial charge < -0.3 is 9.64 Å². The van der Waals surface area contributed by atoms with Crippen molar-refractivity contribution in [3.05, 3.63) is 83.1 Å². The lowest BCUT2D eigenvalue weighted by atomic mass is 10.0. The Hall–Kier alpha value is -4.25. The summed E-state index contributed by atoms with van der Waals surface area (Å²) in [6.07, 6.45) is 1.63. The van der Waals surface area contributed by atoms with E-state index in [4.69, 9.17) is 4.74 Å². The number of carbonyl (C=O) groups excluding carboxylic acids is 1. The lowest BCUT2D eigenvalue weighted by molar-refractivity contribution is 0.0785. The van der Waals surface area contributed by atoms with Crippen LogP contribution >= 0.6 is 0 Å². The van der Waals surface area contributed by atoms with E-state index >= 15 is 0 Å². The standard InChI is InChI=1S/C24H18F2N4O2/c1-30(13-18-6-14(11-27)5-17-12-28-29-23(17)18)24(31)15-3-4-21(22(9-15)32-2)16-7-19(25)10-20(26)8-16/h3-10,12H,13H2,1-2H3,(H,28,29). The highest BCUT2D eigenvalue weighted by molar-refractivity contribution is 5.96. The molecule has 0 aliphatic heterocycles. The Labute approximate surface area is 182 Å². The van der Waals surface area contributed by atoms with Crippen molar-refractivity contribution in [2.45, 2.75) is 6.54 Å². The van der Waals surface area contributed by atoms with E-state index in [0.717, 1.165) is 22.5 Å². The Balaban J connectivity index is 1.63. The number of methoxy groups -OCH3 is 1. The zero-order chi connectivity index (χ0) is 22.8. The molecule has 0 radical (unpaired) electrons. The van der Waals surface area contributed by atoms with Crippen molar-refractivity contribution in [2.24, 2.45) is 0 Å². The number of halogens is 2. The summed E-state index contributed by atoms with van der Waals surface area (Å²) < 4.78 is 32.7. The number of nitrogens with one attached hydrogen (secondary N) is 1. The van der Waals surface area contributed by atoms with E-state index in [2.05, 4.69) is 16.3 Å². The van der Waals surface area contributed by atoms with Crippen molar-refractivity contribution < 1.29 is 18.3 Å². The van der Waals surface area contributed by atoms with Gasteiger partial charge in [-0.2, -0.15) is 10.4 Å². The molecule has 1 amide bonds. The molecular weight excluding hydrogens is 414 g/mol. The van der Waals surface area contributed by atoms with Gasteiger partial charge in [-0.1, -0.05) is 0 Å². The molecule has 0 saturated carbocycles. The maximum Gasteiger partial charge on any atom is 0.254 e.